The van der Waals surface area contributed by atoms with E-state index >= 15 is 0 Å². The van der Waals surface area contributed by atoms with E-state index in [1.54, 1.807) is 0 Å². The maximum atomic E-state index is 4.56. The van der Waals surface area contributed by atoms with E-state index in [9.17, 15) is 0 Å². The second-order valence-corrected chi connectivity index (χ2v) is 11.6. The third-order valence-corrected chi connectivity index (χ3v) is 9.14. The average molecular weight is 526 g/mol. The van der Waals surface area contributed by atoms with Crippen LogP contribution in [0.25, 0.3) is 66.1 Å². The summed E-state index contributed by atoms with van der Waals surface area (Å²) < 4.78 is 4.94. The first kappa shape index (κ1) is 22.6. The summed E-state index contributed by atoms with van der Waals surface area (Å²) in [6.07, 6.45) is 3.84. The number of para-hydroxylation sites is 3. The molecule has 0 bridgehead atoms. The molecular weight excluding hydrogens is 498 g/mol. The molecule has 0 saturated carbocycles. The van der Waals surface area contributed by atoms with Gasteiger partial charge in [0.15, 0.2) is 0 Å². The van der Waals surface area contributed by atoms with E-state index in [1.165, 1.54) is 71.6 Å². The fraction of sp³-hybridized carbons (Fsp3) is 0.0789. The fourth-order valence-electron chi connectivity index (χ4n) is 7.56. The number of hydrogen-bond donors (Lipinski definition) is 0. The first-order chi connectivity index (χ1) is 20.2. The highest BCUT2D eigenvalue weighted by atomic mass is 15.0. The molecule has 41 heavy (non-hydrogen) atoms. The van der Waals surface area contributed by atoms with Gasteiger partial charge >= 0.3 is 0 Å². The minimum absolute atomic E-state index is 0.180. The zero-order chi connectivity index (χ0) is 27.3. The van der Waals surface area contributed by atoms with Crippen molar-refractivity contribution in [1.82, 2.24) is 14.1 Å². The quantitative estimate of drug-likeness (QED) is 0.220. The number of aromatic nitrogens is 3. The van der Waals surface area contributed by atoms with Crippen molar-refractivity contribution in [3.8, 4) is 22.5 Å². The molecule has 0 unspecified atom stereocenters. The van der Waals surface area contributed by atoms with Crippen LogP contribution < -0.4 is 0 Å². The highest BCUT2D eigenvalue weighted by molar-refractivity contribution is 6.31. The largest absolute Gasteiger partial charge is 0.309 e. The smallest absolute Gasteiger partial charge is 0.0645 e. The van der Waals surface area contributed by atoms with Crippen molar-refractivity contribution >= 4 is 43.6 Å². The molecule has 0 saturated heterocycles. The van der Waals surface area contributed by atoms with Crippen LogP contribution in [0.2, 0.25) is 0 Å². The van der Waals surface area contributed by atoms with E-state index in [1.807, 2.05) is 18.5 Å². The van der Waals surface area contributed by atoms with E-state index in [4.69, 9.17) is 0 Å². The predicted molar refractivity (Wildman–Crippen MR) is 170 cm³/mol. The first-order valence-electron chi connectivity index (χ1n) is 14.2. The minimum Gasteiger partial charge on any atom is -0.309 e. The molecule has 1 aliphatic carbocycles. The Morgan fingerprint density at radius 3 is 1.90 bits per heavy atom. The van der Waals surface area contributed by atoms with Crippen molar-refractivity contribution in [3.05, 3.63) is 139 Å². The Bertz CT molecular complexity index is 2320. The fourth-order valence-corrected chi connectivity index (χ4v) is 7.56. The molecular formula is C38H27N3. The standard InChI is InChI=1S/C38H27N3/c1-38(2)29-19-9-6-16-26(29)32-35(38)33-27-17-7-10-20-30(27)40(24-13-4-3-5-14-24)37(33)34-28-18-8-11-21-31(28)41(36(32)34)25-15-12-22-39-23-25/h3-23H,1-2H3. The summed E-state index contributed by atoms with van der Waals surface area (Å²) in [5.74, 6) is 0. The van der Waals surface area contributed by atoms with Crippen molar-refractivity contribution < 1.29 is 0 Å². The molecule has 194 valence electrons. The molecule has 0 spiro atoms. The van der Waals surface area contributed by atoms with Crippen molar-refractivity contribution in [2.75, 3.05) is 0 Å². The molecule has 1 aliphatic rings. The van der Waals surface area contributed by atoms with Crippen LogP contribution in [0, 0.1) is 0 Å². The maximum absolute atomic E-state index is 4.56. The lowest BCUT2D eigenvalue weighted by molar-refractivity contribution is 0.667. The average Bonchev–Trinajstić information content (AvgIpc) is 3.62. The van der Waals surface area contributed by atoms with Gasteiger partial charge in [0.1, 0.15) is 0 Å². The Morgan fingerprint density at radius 2 is 1.17 bits per heavy atom. The molecule has 0 radical (unpaired) electrons. The number of hydrogen-bond acceptors (Lipinski definition) is 1. The maximum Gasteiger partial charge on any atom is 0.0645 e. The summed E-state index contributed by atoms with van der Waals surface area (Å²) in [5, 5.41) is 5.18. The molecule has 5 aromatic carbocycles. The van der Waals surface area contributed by atoms with Crippen LogP contribution in [-0.4, -0.2) is 14.1 Å². The van der Waals surface area contributed by atoms with Crippen molar-refractivity contribution in [2.24, 2.45) is 0 Å². The first-order valence-corrected chi connectivity index (χ1v) is 14.2. The Hall–Kier alpha value is -5.15. The van der Waals surface area contributed by atoms with Crippen LogP contribution in [0.15, 0.2) is 128 Å². The molecule has 0 aliphatic heterocycles. The van der Waals surface area contributed by atoms with Gasteiger partial charge in [-0.1, -0.05) is 92.7 Å². The van der Waals surface area contributed by atoms with Gasteiger partial charge in [0.05, 0.1) is 34.0 Å². The Labute approximate surface area is 237 Å². The predicted octanol–water partition coefficient (Wildman–Crippen LogP) is 9.58. The van der Waals surface area contributed by atoms with Crippen LogP contribution >= 0.6 is 0 Å². The van der Waals surface area contributed by atoms with Gasteiger partial charge in [0, 0.05) is 44.4 Å². The normalized spacial score (nSPS) is 13.8. The molecule has 0 atom stereocenters. The Morgan fingerprint density at radius 1 is 0.561 bits per heavy atom. The van der Waals surface area contributed by atoms with E-state index in [-0.39, 0.29) is 5.41 Å². The number of pyridine rings is 1. The number of benzene rings is 5. The van der Waals surface area contributed by atoms with Gasteiger partial charge in [-0.15, -0.1) is 0 Å². The highest BCUT2D eigenvalue weighted by Gasteiger charge is 2.41. The van der Waals surface area contributed by atoms with Gasteiger partial charge in [-0.05, 0) is 53.1 Å². The molecule has 0 N–H and O–H groups in total. The van der Waals surface area contributed by atoms with E-state index in [2.05, 4.69) is 137 Å². The zero-order valence-corrected chi connectivity index (χ0v) is 23.0. The van der Waals surface area contributed by atoms with Gasteiger partial charge in [0.2, 0.25) is 0 Å². The van der Waals surface area contributed by atoms with Crippen LogP contribution in [0.3, 0.4) is 0 Å². The summed E-state index contributed by atoms with van der Waals surface area (Å²) >= 11 is 0. The molecule has 9 rings (SSSR count). The van der Waals surface area contributed by atoms with E-state index < -0.39 is 0 Å². The monoisotopic (exact) mass is 525 g/mol. The lowest BCUT2D eigenvalue weighted by Gasteiger charge is -2.23. The SMILES string of the molecule is CC1(C)c2ccccc2-c2c1c1c3ccccc3n(-c3ccccc3)c1c1c3ccccc3n(-c3cccnc3)c21. The zero-order valence-electron chi connectivity index (χ0n) is 23.0. The summed E-state index contributed by atoms with van der Waals surface area (Å²) in [5.41, 5.74) is 12.4. The van der Waals surface area contributed by atoms with Crippen LogP contribution in [-0.2, 0) is 5.41 Å². The molecule has 3 heteroatoms. The number of nitrogens with zero attached hydrogens (tertiary/aromatic N) is 3. The van der Waals surface area contributed by atoms with Gasteiger partial charge in [-0.2, -0.15) is 0 Å². The van der Waals surface area contributed by atoms with Crippen molar-refractivity contribution in [2.45, 2.75) is 19.3 Å². The van der Waals surface area contributed by atoms with Crippen LogP contribution in [0.5, 0.6) is 0 Å². The topological polar surface area (TPSA) is 22.8 Å². The second kappa shape index (κ2) is 7.96. The molecule has 0 amide bonds. The van der Waals surface area contributed by atoms with Gasteiger partial charge in [-0.25, -0.2) is 0 Å². The third-order valence-electron chi connectivity index (χ3n) is 9.14. The minimum atomic E-state index is -0.180. The van der Waals surface area contributed by atoms with E-state index in [0.717, 1.165) is 5.69 Å². The van der Waals surface area contributed by atoms with Crippen molar-refractivity contribution in [3.63, 3.8) is 0 Å². The highest BCUT2D eigenvalue weighted by Crippen LogP contribution is 2.58. The number of fused-ring (bicyclic) bond motifs is 12. The lowest BCUT2D eigenvalue weighted by Crippen LogP contribution is -2.15. The van der Waals surface area contributed by atoms with E-state index in [0.29, 0.717) is 0 Å². The summed E-state index contributed by atoms with van der Waals surface area (Å²) in [4.78, 5) is 4.56. The third kappa shape index (κ3) is 2.80. The van der Waals surface area contributed by atoms with Gasteiger partial charge in [0.25, 0.3) is 0 Å². The van der Waals surface area contributed by atoms with Gasteiger partial charge in [-0.3, -0.25) is 4.98 Å². The summed E-state index contributed by atoms with van der Waals surface area (Å²) in [6, 6.07) is 41.8. The van der Waals surface area contributed by atoms with Crippen LogP contribution in [0.1, 0.15) is 25.0 Å². The Balaban J connectivity index is 1.68. The molecule has 0 fully saturated rings. The van der Waals surface area contributed by atoms with Crippen molar-refractivity contribution in [1.29, 1.82) is 0 Å². The molecule has 3 nitrogen and oxygen atoms in total. The molecule has 3 aromatic heterocycles. The Kier molecular flexibility index (Phi) is 4.39. The molecule has 8 aromatic rings. The summed E-state index contributed by atoms with van der Waals surface area (Å²) in [6.45, 7) is 4.79. The molecule has 3 heterocycles. The van der Waals surface area contributed by atoms with Gasteiger partial charge < -0.3 is 9.13 Å². The number of rotatable bonds is 2. The summed E-state index contributed by atoms with van der Waals surface area (Å²) in [7, 11) is 0. The second-order valence-electron chi connectivity index (χ2n) is 11.6. The lowest BCUT2D eigenvalue weighted by atomic mass is 9.80. The van der Waals surface area contributed by atoms with Crippen LogP contribution in [0.4, 0.5) is 0 Å².